The van der Waals surface area contributed by atoms with Gasteiger partial charge in [0.25, 0.3) is 0 Å². The van der Waals surface area contributed by atoms with Crippen molar-refractivity contribution in [3.8, 4) is 101 Å². The molecule has 0 atom stereocenters. The van der Waals surface area contributed by atoms with Crippen molar-refractivity contribution in [2.24, 2.45) is 0 Å². The predicted molar refractivity (Wildman–Crippen MR) is 598 cm³/mol. The van der Waals surface area contributed by atoms with Crippen LogP contribution in [0, 0.1) is 6.92 Å². The van der Waals surface area contributed by atoms with Crippen LogP contribution in [-0.2, 0) is 0 Å². The van der Waals surface area contributed by atoms with Gasteiger partial charge in [0.15, 0.2) is 0 Å². The Kier molecular flexibility index (Phi) is 19.8. The Morgan fingerprint density at radius 3 is 0.709 bits per heavy atom. The van der Waals surface area contributed by atoms with E-state index in [2.05, 4.69) is 562 Å². The molecule has 141 heavy (non-hydrogen) atoms. The second kappa shape index (κ2) is 34.0. The Labute approximate surface area is 815 Å². The van der Waals surface area contributed by atoms with Gasteiger partial charge in [-0.3, -0.25) is 0 Å². The lowest BCUT2D eigenvalue weighted by Crippen LogP contribution is -1.96. The molecular weight excluding hydrogens is 1710 g/mol. The number of fused-ring (bicyclic) bond motifs is 21. The van der Waals surface area contributed by atoms with E-state index in [0.717, 1.165) is 5.69 Å². The summed E-state index contributed by atoms with van der Waals surface area (Å²) in [6, 6.07) is 192. The van der Waals surface area contributed by atoms with Crippen LogP contribution in [0.4, 0.5) is 0 Å². The topological polar surface area (TPSA) is 29.6 Å². The molecule has 29 aromatic rings. The number of rotatable bonds is 12. The highest BCUT2D eigenvalue weighted by Gasteiger charge is 2.24. The zero-order chi connectivity index (χ0) is 93.1. The Bertz CT molecular complexity index is 9970. The quantitative estimate of drug-likeness (QED) is 0.109. The van der Waals surface area contributed by atoms with E-state index in [-0.39, 0.29) is 0 Å². The molecule has 0 spiro atoms. The van der Waals surface area contributed by atoms with E-state index in [1.165, 1.54) is 253 Å². The third-order valence-corrected chi connectivity index (χ3v) is 29.0. The van der Waals surface area contributed by atoms with Crippen molar-refractivity contribution in [1.29, 1.82) is 0 Å². The largest absolute Gasteiger partial charge is 0.309 e. The summed E-state index contributed by atoms with van der Waals surface area (Å²) in [5, 5.41) is 20.2. The molecule has 0 fully saturated rings. The molecule has 23 aromatic carbocycles. The van der Waals surface area contributed by atoms with Crippen molar-refractivity contribution >= 4 is 152 Å². The number of benzene rings is 23. The molecule has 6 heteroatoms. The van der Waals surface area contributed by atoms with Crippen LogP contribution in [0.1, 0.15) is 5.56 Å². The number of hydrogen-bond donors (Lipinski definition) is 0. The molecule has 6 nitrogen and oxygen atoms in total. The molecule has 0 radical (unpaired) electrons. The minimum Gasteiger partial charge on any atom is -0.309 e. The van der Waals surface area contributed by atoms with Crippen LogP contribution >= 0.6 is 0 Å². The molecule has 0 aliphatic heterocycles. The predicted octanol–water partition coefficient (Wildman–Crippen LogP) is 36.3. The van der Waals surface area contributed by atoms with Crippen molar-refractivity contribution in [3.05, 3.63) is 533 Å². The lowest BCUT2D eigenvalue weighted by atomic mass is 9.99. The van der Waals surface area contributed by atoms with Gasteiger partial charge in [-0.25, -0.2) is 0 Å². The van der Waals surface area contributed by atoms with Crippen LogP contribution < -0.4 is 0 Å². The first-order valence-corrected chi connectivity index (χ1v) is 48.6. The fourth-order valence-electron chi connectivity index (χ4n) is 22.4. The molecule has 6 heterocycles. The van der Waals surface area contributed by atoms with E-state index in [1.54, 1.807) is 0 Å². The molecule has 0 saturated heterocycles. The van der Waals surface area contributed by atoms with Gasteiger partial charge in [0.2, 0.25) is 0 Å². The van der Waals surface area contributed by atoms with E-state index in [0.29, 0.717) is 0 Å². The number of para-hydroxylation sites is 7. The SMILES string of the molecule is Cc1ccc2c(c1)c1cc(-c3ccc4c(c3)c3ccccc3n4-c3ccccc3)ccc1n2-c1cccc(-c2ccccc2)c1.c1ccc(-c2ccc(-n3c4ccccc4c4cc(-c5ccc6c(c5)c5cc(-c7ccccc7)ccc5n6-c5ccccc5)ccc43)cc2)cc1.c1ccc(-n2c3ccccc3c3cc(-c4ccc5c(c4)c4ccccc4n5-c4cc5ccccc5c5ccccc45)ccc32)cc1. The third-order valence-electron chi connectivity index (χ3n) is 29.0. The zero-order valence-electron chi connectivity index (χ0n) is 77.4. The van der Waals surface area contributed by atoms with Crippen LogP contribution in [-0.4, -0.2) is 27.4 Å². The number of nitrogens with zero attached hydrogens (tertiary/aromatic N) is 6. The second-order valence-electron chi connectivity index (χ2n) is 37.1. The van der Waals surface area contributed by atoms with Crippen molar-refractivity contribution in [1.82, 2.24) is 27.4 Å². The summed E-state index contributed by atoms with van der Waals surface area (Å²) in [4.78, 5) is 0. The number of hydrogen-bond acceptors (Lipinski definition) is 0. The standard InChI is InChI=1S/C48H32N2.C44H28N2.C43H30N2/c1-4-12-33(13-5-1)35-20-25-40(26-21-35)50-45-19-11-10-18-41(45)42-31-37(23-28-46(42)50)38-24-29-48-44(32-38)43-30-36(34-14-6-2-7-15-34)22-27-47(43)49(48)39-16-8-3-9-17-39;1-2-13-32(14-3-1)45-40-20-10-8-18-36(40)38-26-29(22-24-42(38)45)30-23-25-43-39(27-30)37-19-9-11-21-41(37)46(43)44-28-31-12-4-5-15-33(31)34-16-6-7-17-35(34)44;1-29-19-22-41-37(25-29)39-28-33(21-24-43(39)45(41)35-16-10-13-31(26-35)30-11-4-2-5-12-30)32-20-23-42-38(27-32)36-17-8-9-18-40(36)44(42)34-14-6-3-7-15-34/h1-32H;1-28H;2-28H,1H3. The van der Waals surface area contributed by atoms with E-state index < -0.39 is 0 Å². The average Bonchev–Trinajstić information content (AvgIpc) is 1.59. The molecule has 0 aliphatic carbocycles. The third kappa shape index (κ3) is 14.0. The first-order chi connectivity index (χ1) is 69.9. The van der Waals surface area contributed by atoms with Crippen molar-refractivity contribution < 1.29 is 0 Å². The van der Waals surface area contributed by atoms with Gasteiger partial charge in [-0.2, -0.15) is 0 Å². The summed E-state index contributed by atoms with van der Waals surface area (Å²) >= 11 is 0. The van der Waals surface area contributed by atoms with E-state index in [9.17, 15) is 0 Å². The Balaban J connectivity index is 0.000000106. The van der Waals surface area contributed by atoms with E-state index >= 15 is 0 Å². The lowest BCUT2D eigenvalue weighted by Gasteiger charge is -2.14. The van der Waals surface area contributed by atoms with Gasteiger partial charge in [-0.05, 0) is 278 Å². The Morgan fingerprint density at radius 1 is 0.113 bits per heavy atom. The fraction of sp³-hybridized carbons (Fsp3) is 0.00741. The molecule has 0 bridgehead atoms. The van der Waals surface area contributed by atoms with Crippen molar-refractivity contribution in [3.63, 3.8) is 0 Å². The van der Waals surface area contributed by atoms with Crippen molar-refractivity contribution in [2.45, 2.75) is 6.92 Å². The lowest BCUT2D eigenvalue weighted by molar-refractivity contribution is 1.18. The molecule has 0 aliphatic rings. The van der Waals surface area contributed by atoms with Gasteiger partial charge in [-0.1, -0.05) is 345 Å². The molecule has 29 rings (SSSR count). The summed E-state index contributed by atoms with van der Waals surface area (Å²) < 4.78 is 14.4. The maximum absolute atomic E-state index is 2.46. The Hall–Kier alpha value is -18.6. The maximum atomic E-state index is 2.46. The molecule has 0 saturated carbocycles. The molecular formula is C135H90N6. The molecule has 0 amide bonds. The summed E-state index contributed by atoms with van der Waals surface area (Å²) in [5.41, 5.74) is 37.6. The van der Waals surface area contributed by atoms with Gasteiger partial charge in [0, 0.05) is 98.5 Å². The minimum absolute atomic E-state index is 1.16. The Morgan fingerprint density at radius 2 is 0.333 bits per heavy atom. The van der Waals surface area contributed by atoms with Gasteiger partial charge in [-0.15, -0.1) is 0 Å². The van der Waals surface area contributed by atoms with E-state index in [4.69, 9.17) is 0 Å². The monoisotopic (exact) mass is 1790 g/mol. The number of aromatic nitrogens is 6. The number of aryl methyl sites for hydroxylation is 1. The summed E-state index contributed by atoms with van der Waals surface area (Å²) in [7, 11) is 0. The fourth-order valence-corrected chi connectivity index (χ4v) is 22.4. The van der Waals surface area contributed by atoms with E-state index in [1.807, 2.05) is 0 Å². The van der Waals surface area contributed by atoms with Gasteiger partial charge < -0.3 is 27.4 Å². The highest BCUT2D eigenvalue weighted by Crippen LogP contribution is 2.47. The van der Waals surface area contributed by atoms with Crippen LogP contribution in [0.2, 0.25) is 0 Å². The molecule has 660 valence electrons. The molecule has 6 aromatic heterocycles. The first kappa shape index (κ1) is 81.9. The summed E-state index contributed by atoms with van der Waals surface area (Å²) in [5.74, 6) is 0. The van der Waals surface area contributed by atoms with Crippen LogP contribution in [0.3, 0.4) is 0 Å². The minimum atomic E-state index is 1.16. The normalized spacial score (nSPS) is 11.7. The summed E-state index contributed by atoms with van der Waals surface area (Å²) in [6.45, 7) is 2.18. The van der Waals surface area contributed by atoms with Crippen molar-refractivity contribution in [2.75, 3.05) is 0 Å². The summed E-state index contributed by atoms with van der Waals surface area (Å²) in [6.07, 6.45) is 0. The molecule has 0 unspecified atom stereocenters. The first-order valence-electron chi connectivity index (χ1n) is 48.6. The zero-order valence-corrected chi connectivity index (χ0v) is 77.4. The van der Waals surface area contributed by atoms with Crippen LogP contribution in [0.5, 0.6) is 0 Å². The molecule has 0 N–H and O–H groups in total. The smallest absolute Gasteiger partial charge is 0.0546 e. The van der Waals surface area contributed by atoms with Crippen LogP contribution in [0.25, 0.3) is 253 Å². The maximum Gasteiger partial charge on any atom is 0.0546 e. The van der Waals surface area contributed by atoms with Crippen LogP contribution in [0.15, 0.2) is 528 Å². The highest BCUT2D eigenvalue weighted by atomic mass is 15.0. The van der Waals surface area contributed by atoms with Gasteiger partial charge in [0.1, 0.15) is 0 Å². The highest BCUT2D eigenvalue weighted by molar-refractivity contribution is 6.19. The average molecular weight is 1800 g/mol. The van der Waals surface area contributed by atoms with Gasteiger partial charge >= 0.3 is 0 Å². The second-order valence-corrected chi connectivity index (χ2v) is 37.1. The van der Waals surface area contributed by atoms with Gasteiger partial charge in [0.05, 0.1) is 71.9 Å².